The fourth-order valence-electron chi connectivity index (χ4n) is 1.92. The lowest BCUT2D eigenvalue weighted by atomic mass is 10.1. The van der Waals surface area contributed by atoms with Crippen LogP contribution in [-0.4, -0.2) is 41.8 Å². The van der Waals surface area contributed by atoms with Gasteiger partial charge in [-0.05, 0) is 40.3 Å². The molecule has 1 unspecified atom stereocenters. The summed E-state index contributed by atoms with van der Waals surface area (Å²) in [6, 6.07) is 8.54. The number of aryl methyl sites for hydroxylation is 1. The third-order valence-electron chi connectivity index (χ3n) is 2.96. The van der Waals surface area contributed by atoms with Crippen molar-refractivity contribution in [2.24, 2.45) is 0 Å². The van der Waals surface area contributed by atoms with Gasteiger partial charge < -0.3 is 10.4 Å². The molecule has 1 aromatic rings. The number of hydrogen-bond acceptors (Lipinski definition) is 3. The SMILES string of the molecule is Cc1ccc(CN(C)CC(O)CNC(C)(C)C)cc1. The van der Waals surface area contributed by atoms with Gasteiger partial charge in [-0.2, -0.15) is 0 Å². The predicted molar refractivity (Wildman–Crippen MR) is 81.3 cm³/mol. The molecular formula is C16H28N2O. The van der Waals surface area contributed by atoms with Gasteiger partial charge in [-0.25, -0.2) is 0 Å². The second kappa shape index (κ2) is 7.04. The summed E-state index contributed by atoms with van der Waals surface area (Å²) in [6.45, 7) is 10.6. The minimum absolute atomic E-state index is 0.0521. The van der Waals surface area contributed by atoms with Crippen molar-refractivity contribution in [3.63, 3.8) is 0 Å². The molecule has 0 spiro atoms. The number of hydrogen-bond donors (Lipinski definition) is 2. The molecule has 0 bridgehead atoms. The van der Waals surface area contributed by atoms with Gasteiger partial charge in [0.1, 0.15) is 0 Å². The van der Waals surface area contributed by atoms with Gasteiger partial charge in [0.2, 0.25) is 0 Å². The van der Waals surface area contributed by atoms with Gasteiger partial charge >= 0.3 is 0 Å². The van der Waals surface area contributed by atoms with Crippen molar-refractivity contribution in [2.75, 3.05) is 20.1 Å². The van der Waals surface area contributed by atoms with Gasteiger partial charge in [-0.3, -0.25) is 4.90 Å². The van der Waals surface area contributed by atoms with Gasteiger partial charge in [-0.15, -0.1) is 0 Å². The lowest BCUT2D eigenvalue weighted by Crippen LogP contribution is -2.44. The van der Waals surface area contributed by atoms with Gasteiger partial charge in [-0.1, -0.05) is 29.8 Å². The summed E-state index contributed by atoms with van der Waals surface area (Å²) < 4.78 is 0. The minimum Gasteiger partial charge on any atom is -0.390 e. The van der Waals surface area contributed by atoms with Crippen LogP contribution in [0.3, 0.4) is 0 Å². The Morgan fingerprint density at radius 2 is 1.79 bits per heavy atom. The van der Waals surface area contributed by atoms with Crippen LogP contribution in [0.15, 0.2) is 24.3 Å². The molecule has 0 saturated carbocycles. The molecule has 0 aliphatic rings. The molecule has 0 aliphatic heterocycles. The van der Waals surface area contributed by atoms with Crippen molar-refractivity contribution in [3.8, 4) is 0 Å². The van der Waals surface area contributed by atoms with Crippen LogP contribution < -0.4 is 5.32 Å². The number of β-amino-alcohol motifs (C(OH)–C–C–N with tert-alkyl or cyclic N) is 1. The molecule has 0 amide bonds. The van der Waals surface area contributed by atoms with E-state index in [1.54, 1.807) is 0 Å². The Balaban J connectivity index is 2.34. The van der Waals surface area contributed by atoms with E-state index in [0.717, 1.165) is 6.54 Å². The van der Waals surface area contributed by atoms with Crippen LogP contribution in [0, 0.1) is 6.92 Å². The molecule has 0 radical (unpaired) electrons. The monoisotopic (exact) mass is 264 g/mol. The topological polar surface area (TPSA) is 35.5 Å². The Morgan fingerprint density at radius 1 is 1.21 bits per heavy atom. The highest BCUT2D eigenvalue weighted by Crippen LogP contribution is 2.06. The summed E-state index contributed by atoms with van der Waals surface area (Å²) >= 11 is 0. The van der Waals surface area contributed by atoms with E-state index in [2.05, 4.69) is 62.2 Å². The van der Waals surface area contributed by atoms with Crippen LogP contribution >= 0.6 is 0 Å². The lowest BCUT2D eigenvalue weighted by Gasteiger charge is -2.25. The zero-order chi connectivity index (χ0) is 14.5. The Bertz CT molecular complexity index is 367. The summed E-state index contributed by atoms with van der Waals surface area (Å²) in [5, 5.41) is 13.3. The maximum absolute atomic E-state index is 10.0. The average Bonchev–Trinajstić information content (AvgIpc) is 2.29. The zero-order valence-corrected chi connectivity index (χ0v) is 12.9. The van der Waals surface area contributed by atoms with Gasteiger partial charge in [0.25, 0.3) is 0 Å². The molecule has 108 valence electrons. The number of rotatable bonds is 6. The molecule has 0 aliphatic carbocycles. The largest absolute Gasteiger partial charge is 0.390 e. The molecule has 19 heavy (non-hydrogen) atoms. The van der Waals surface area contributed by atoms with Crippen molar-refractivity contribution in [1.82, 2.24) is 10.2 Å². The zero-order valence-electron chi connectivity index (χ0n) is 12.9. The lowest BCUT2D eigenvalue weighted by molar-refractivity contribution is 0.114. The maximum Gasteiger partial charge on any atom is 0.0791 e. The van der Waals surface area contributed by atoms with E-state index in [0.29, 0.717) is 13.1 Å². The smallest absolute Gasteiger partial charge is 0.0791 e. The second-order valence-electron chi connectivity index (χ2n) is 6.47. The molecular weight excluding hydrogens is 236 g/mol. The first-order valence-corrected chi connectivity index (χ1v) is 6.93. The first-order valence-electron chi connectivity index (χ1n) is 6.93. The third-order valence-corrected chi connectivity index (χ3v) is 2.96. The highest BCUT2D eigenvalue weighted by molar-refractivity contribution is 5.21. The summed E-state index contributed by atoms with van der Waals surface area (Å²) in [5.74, 6) is 0. The van der Waals surface area contributed by atoms with Crippen LogP contribution in [0.25, 0.3) is 0 Å². The van der Waals surface area contributed by atoms with E-state index in [1.165, 1.54) is 11.1 Å². The number of aliphatic hydroxyl groups excluding tert-OH is 1. The van der Waals surface area contributed by atoms with Crippen LogP contribution in [0.5, 0.6) is 0 Å². The number of likely N-dealkylation sites (N-methyl/N-ethyl adjacent to an activating group) is 1. The Labute approximate surface area is 117 Å². The van der Waals surface area contributed by atoms with Crippen LogP contribution in [0.1, 0.15) is 31.9 Å². The van der Waals surface area contributed by atoms with E-state index in [-0.39, 0.29) is 11.6 Å². The van der Waals surface area contributed by atoms with E-state index in [4.69, 9.17) is 0 Å². The fraction of sp³-hybridized carbons (Fsp3) is 0.625. The van der Waals surface area contributed by atoms with E-state index in [1.807, 2.05) is 7.05 Å². The predicted octanol–water partition coefficient (Wildman–Crippen LogP) is 2.18. The van der Waals surface area contributed by atoms with Gasteiger partial charge in [0, 0.05) is 25.2 Å². The fourth-order valence-corrected chi connectivity index (χ4v) is 1.92. The molecule has 0 heterocycles. The summed E-state index contributed by atoms with van der Waals surface area (Å²) in [6.07, 6.45) is -0.338. The Morgan fingerprint density at radius 3 is 2.32 bits per heavy atom. The van der Waals surface area contributed by atoms with Crippen molar-refractivity contribution < 1.29 is 5.11 Å². The van der Waals surface area contributed by atoms with Crippen molar-refractivity contribution in [3.05, 3.63) is 35.4 Å². The summed E-state index contributed by atoms with van der Waals surface area (Å²) in [4.78, 5) is 2.15. The molecule has 1 atom stereocenters. The second-order valence-corrected chi connectivity index (χ2v) is 6.47. The van der Waals surface area contributed by atoms with Crippen LogP contribution in [0.4, 0.5) is 0 Å². The molecule has 2 N–H and O–H groups in total. The molecule has 0 saturated heterocycles. The average molecular weight is 264 g/mol. The van der Waals surface area contributed by atoms with E-state index >= 15 is 0 Å². The first-order chi connectivity index (χ1) is 8.76. The van der Waals surface area contributed by atoms with Crippen molar-refractivity contribution in [2.45, 2.75) is 45.9 Å². The van der Waals surface area contributed by atoms with Gasteiger partial charge in [0.05, 0.1) is 6.10 Å². The molecule has 1 rings (SSSR count). The minimum atomic E-state index is -0.338. The standard InChI is InChI=1S/C16H28N2O/c1-13-6-8-14(9-7-13)11-18(5)12-15(19)10-17-16(2,3)4/h6-9,15,17,19H,10-12H2,1-5H3. The maximum atomic E-state index is 10.0. The molecule has 1 aromatic carbocycles. The summed E-state index contributed by atoms with van der Waals surface area (Å²) in [5.41, 5.74) is 2.61. The number of nitrogens with zero attached hydrogens (tertiary/aromatic N) is 1. The van der Waals surface area contributed by atoms with Gasteiger partial charge in [0.15, 0.2) is 0 Å². The first kappa shape index (κ1) is 16.2. The quantitative estimate of drug-likeness (QED) is 0.826. The van der Waals surface area contributed by atoms with E-state index < -0.39 is 0 Å². The molecule has 3 nitrogen and oxygen atoms in total. The van der Waals surface area contributed by atoms with Crippen LogP contribution in [-0.2, 0) is 6.54 Å². The highest BCUT2D eigenvalue weighted by atomic mass is 16.3. The third kappa shape index (κ3) is 7.31. The molecule has 3 heteroatoms. The number of aliphatic hydroxyl groups is 1. The highest BCUT2D eigenvalue weighted by Gasteiger charge is 2.13. The number of nitrogens with one attached hydrogen (secondary N) is 1. The van der Waals surface area contributed by atoms with Crippen molar-refractivity contribution in [1.29, 1.82) is 0 Å². The summed E-state index contributed by atoms with van der Waals surface area (Å²) in [7, 11) is 2.04. The normalized spacial score (nSPS) is 13.8. The molecule has 0 fully saturated rings. The van der Waals surface area contributed by atoms with Crippen LogP contribution in [0.2, 0.25) is 0 Å². The van der Waals surface area contributed by atoms with Crippen molar-refractivity contribution >= 4 is 0 Å². The molecule has 0 aromatic heterocycles. The Kier molecular flexibility index (Phi) is 5.98. The van der Waals surface area contributed by atoms with E-state index in [9.17, 15) is 5.11 Å². The number of benzene rings is 1. The Hall–Kier alpha value is -0.900.